The summed E-state index contributed by atoms with van der Waals surface area (Å²) in [5, 5.41) is 5.46. The number of nitrogens with two attached hydrogens (primary N) is 1. The number of nitrogens with one attached hydrogen (secondary N) is 2. The average molecular weight is 314 g/mol. The van der Waals surface area contributed by atoms with Crippen LogP contribution in [-0.4, -0.2) is 29.4 Å². The van der Waals surface area contributed by atoms with Gasteiger partial charge in [-0.1, -0.05) is 37.3 Å². The predicted molar refractivity (Wildman–Crippen MR) is 86.6 cm³/mol. The Bertz CT molecular complexity index is 629. The molecule has 2 aliphatic heterocycles. The molecule has 0 aromatic heterocycles. The largest absolute Gasteiger partial charge is 0.398 e. The summed E-state index contributed by atoms with van der Waals surface area (Å²) in [6.45, 7) is 2.70. The van der Waals surface area contributed by atoms with Gasteiger partial charge >= 0.3 is 11.8 Å². The van der Waals surface area contributed by atoms with Crippen molar-refractivity contribution in [2.45, 2.75) is 32.0 Å². The minimum atomic E-state index is -0.617. The summed E-state index contributed by atoms with van der Waals surface area (Å²) in [5.74, 6) is -0.723. The molecule has 2 amide bonds. The van der Waals surface area contributed by atoms with Crippen LogP contribution >= 0.6 is 0 Å². The van der Waals surface area contributed by atoms with Crippen molar-refractivity contribution in [3.05, 3.63) is 47.8 Å². The van der Waals surface area contributed by atoms with Crippen LogP contribution in [0.3, 0.4) is 0 Å². The zero-order chi connectivity index (χ0) is 16.4. The quantitative estimate of drug-likeness (QED) is 0.706. The van der Waals surface area contributed by atoms with Crippen LogP contribution in [0.1, 0.15) is 31.4 Å². The highest BCUT2D eigenvalue weighted by Gasteiger charge is 2.35. The highest BCUT2D eigenvalue weighted by atomic mass is 16.2. The molecule has 1 aromatic rings. The van der Waals surface area contributed by atoms with E-state index in [-0.39, 0.29) is 6.04 Å². The maximum absolute atomic E-state index is 12.6. The first kappa shape index (κ1) is 15.4. The molecule has 6 nitrogen and oxygen atoms in total. The molecule has 122 valence electrons. The highest BCUT2D eigenvalue weighted by molar-refractivity contribution is 6.35. The number of piperidine rings is 1. The zero-order valence-corrected chi connectivity index (χ0v) is 13.2. The molecule has 1 saturated heterocycles. The number of benzene rings is 1. The molecule has 1 fully saturated rings. The minimum absolute atomic E-state index is 0.0483. The number of carbonyl (C=O) groups excluding carboxylic acids is 2. The Morgan fingerprint density at radius 3 is 2.61 bits per heavy atom. The molecule has 1 aromatic carbocycles. The van der Waals surface area contributed by atoms with E-state index in [1.807, 2.05) is 30.3 Å². The Labute approximate surface area is 135 Å². The SMILES string of the molecule is CC1CCC(c2ccccc2)N(C(=O)C(=O)N[C@@H]2NC=C2N)C1. The molecule has 0 bridgehead atoms. The fraction of sp³-hybridized carbons (Fsp3) is 0.412. The van der Waals surface area contributed by atoms with E-state index in [0.717, 1.165) is 18.4 Å². The summed E-state index contributed by atoms with van der Waals surface area (Å²) < 4.78 is 0. The summed E-state index contributed by atoms with van der Waals surface area (Å²) in [6.07, 6.45) is 3.08. The Kier molecular flexibility index (Phi) is 4.23. The lowest BCUT2D eigenvalue weighted by Gasteiger charge is -2.39. The van der Waals surface area contributed by atoms with Gasteiger partial charge in [-0.2, -0.15) is 0 Å². The third kappa shape index (κ3) is 3.16. The number of rotatable bonds is 2. The van der Waals surface area contributed by atoms with Gasteiger partial charge in [-0.3, -0.25) is 9.59 Å². The number of carbonyl (C=O) groups is 2. The van der Waals surface area contributed by atoms with Crippen molar-refractivity contribution in [3.63, 3.8) is 0 Å². The second-order valence-corrected chi connectivity index (χ2v) is 6.28. The van der Waals surface area contributed by atoms with Gasteiger partial charge in [-0.15, -0.1) is 0 Å². The summed E-state index contributed by atoms with van der Waals surface area (Å²) in [4.78, 5) is 26.6. The topological polar surface area (TPSA) is 87.5 Å². The van der Waals surface area contributed by atoms with Gasteiger partial charge in [0, 0.05) is 12.7 Å². The van der Waals surface area contributed by atoms with E-state index in [2.05, 4.69) is 17.6 Å². The van der Waals surface area contributed by atoms with Crippen molar-refractivity contribution in [3.8, 4) is 0 Å². The number of nitrogens with zero attached hydrogens (tertiary/aromatic N) is 1. The number of amides is 2. The van der Waals surface area contributed by atoms with Crippen molar-refractivity contribution in [1.82, 2.24) is 15.5 Å². The molecule has 0 aliphatic carbocycles. The Morgan fingerprint density at radius 1 is 1.26 bits per heavy atom. The maximum atomic E-state index is 12.6. The first-order valence-electron chi connectivity index (χ1n) is 7.94. The lowest BCUT2D eigenvalue weighted by atomic mass is 9.90. The fourth-order valence-corrected chi connectivity index (χ4v) is 3.11. The Morgan fingerprint density at radius 2 is 2.00 bits per heavy atom. The molecule has 23 heavy (non-hydrogen) atoms. The van der Waals surface area contributed by atoms with Gasteiger partial charge in [-0.05, 0) is 24.3 Å². The summed E-state index contributed by atoms with van der Waals surface area (Å²) in [6, 6.07) is 9.83. The van der Waals surface area contributed by atoms with E-state index in [1.165, 1.54) is 0 Å². The molecule has 4 N–H and O–H groups in total. The van der Waals surface area contributed by atoms with Gasteiger partial charge in [0.1, 0.15) is 6.17 Å². The van der Waals surface area contributed by atoms with E-state index in [1.54, 1.807) is 11.1 Å². The smallest absolute Gasteiger partial charge is 0.312 e. The van der Waals surface area contributed by atoms with E-state index in [4.69, 9.17) is 5.73 Å². The summed E-state index contributed by atoms with van der Waals surface area (Å²) in [7, 11) is 0. The summed E-state index contributed by atoms with van der Waals surface area (Å²) in [5.41, 5.74) is 7.25. The maximum Gasteiger partial charge on any atom is 0.312 e. The third-order valence-corrected chi connectivity index (χ3v) is 4.48. The zero-order valence-electron chi connectivity index (χ0n) is 13.2. The molecule has 2 unspecified atom stereocenters. The summed E-state index contributed by atoms with van der Waals surface area (Å²) >= 11 is 0. The van der Waals surface area contributed by atoms with E-state index < -0.39 is 18.0 Å². The lowest BCUT2D eigenvalue weighted by molar-refractivity contribution is -0.149. The van der Waals surface area contributed by atoms with Gasteiger partial charge in [0.05, 0.1) is 11.7 Å². The normalized spacial score (nSPS) is 26.6. The number of hydrogen-bond donors (Lipinski definition) is 3. The van der Waals surface area contributed by atoms with Crippen LogP contribution in [0.4, 0.5) is 0 Å². The van der Waals surface area contributed by atoms with Gasteiger partial charge < -0.3 is 21.3 Å². The van der Waals surface area contributed by atoms with Crippen LogP contribution in [0.2, 0.25) is 0 Å². The molecule has 6 heteroatoms. The number of likely N-dealkylation sites (tertiary alicyclic amines) is 1. The molecule has 0 spiro atoms. The molecule has 2 aliphatic rings. The van der Waals surface area contributed by atoms with Gasteiger partial charge in [-0.25, -0.2) is 0 Å². The first-order valence-corrected chi connectivity index (χ1v) is 7.94. The van der Waals surface area contributed by atoms with Gasteiger partial charge in [0.15, 0.2) is 0 Å². The molecule has 0 radical (unpaired) electrons. The lowest BCUT2D eigenvalue weighted by Crippen LogP contribution is -2.57. The predicted octanol–water partition coefficient (Wildman–Crippen LogP) is 0.832. The molecule has 2 heterocycles. The molecule has 3 rings (SSSR count). The molecular formula is C17H22N4O2. The van der Waals surface area contributed by atoms with Crippen molar-refractivity contribution in [1.29, 1.82) is 0 Å². The third-order valence-electron chi connectivity index (χ3n) is 4.48. The van der Waals surface area contributed by atoms with Crippen LogP contribution in [0, 0.1) is 5.92 Å². The van der Waals surface area contributed by atoms with Crippen LogP contribution in [-0.2, 0) is 9.59 Å². The van der Waals surface area contributed by atoms with Crippen molar-refractivity contribution < 1.29 is 9.59 Å². The molecule has 3 atom stereocenters. The second-order valence-electron chi connectivity index (χ2n) is 6.28. The van der Waals surface area contributed by atoms with Crippen LogP contribution in [0.15, 0.2) is 42.2 Å². The van der Waals surface area contributed by atoms with Crippen LogP contribution in [0.25, 0.3) is 0 Å². The van der Waals surface area contributed by atoms with Crippen molar-refractivity contribution in [2.75, 3.05) is 6.54 Å². The molecular weight excluding hydrogens is 292 g/mol. The highest BCUT2D eigenvalue weighted by Crippen LogP contribution is 2.33. The van der Waals surface area contributed by atoms with Crippen molar-refractivity contribution in [2.24, 2.45) is 11.7 Å². The number of hydrogen-bond acceptors (Lipinski definition) is 4. The van der Waals surface area contributed by atoms with Crippen LogP contribution < -0.4 is 16.4 Å². The van der Waals surface area contributed by atoms with Crippen molar-refractivity contribution >= 4 is 11.8 Å². The monoisotopic (exact) mass is 314 g/mol. The standard InChI is InChI=1S/C17H22N4O2/c1-11-7-8-14(12-5-3-2-4-6-12)21(10-11)17(23)16(22)20-15-13(18)9-19-15/h2-6,9,11,14-15,19H,7-8,10,18H2,1H3,(H,20,22)/t11?,14?,15-/m0/s1. The Hall–Kier alpha value is -2.50. The van der Waals surface area contributed by atoms with E-state index in [0.29, 0.717) is 18.2 Å². The Balaban J connectivity index is 1.74. The molecule has 0 saturated carbocycles. The minimum Gasteiger partial charge on any atom is -0.398 e. The van der Waals surface area contributed by atoms with E-state index in [9.17, 15) is 9.59 Å². The second kappa shape index (κ2) is 6.32. The van der Waals surface area contributed by atoms with Crippen LogP contribution in [0.5, 0.6) is 0 Å². The first-order chi connectivity index (χ1) is 11.1. The van der Waals surface area contributed by atoms with Gasteiger partial charge in [0.2, 0.25) is 0 Å². The van der Waals surface area contributed by atoms with E-state index >= 15 is 0 Å². The van der Waals surface area contributed by atoms with Gasteiger partial charge in [0.25, 0.3) is 0 Å². The fourth-order valence-electron chi connectivity index (χ4n) is 3.11. The average Bonchev–Trinajstić information content (AvgIpc) is 2.58.